The molecule has 3 aromatic heterocycles. The van der Waals surface area contributed by atoms with E-state index in [9.17, 15) is 14.4 Å². The summed E-state index contributed by atoms with van der Waals surface area (Å²) in [7, 11) is 0. The molecule has 1 aliphatic carbocycles. The Balaban J connectivity index is 1.09. The van der Waals surface area contributed by atoms with E-state index in [-0.39, 0.29) is 18.7 Å². The molecule has 0 amide bonds. The molecule has 11 nitrogen and oxygen atoms in total. The highest BCUT2D eigenvalue weighted by Gasteiger charge is 2.32. The Morgan fingerprint density at radius 2 is 1.95 bits per heavy atom. The molecule has 13 heteroatoms. The lowest BCUT2D eigenvalue weighted by molar-refractivity contribution is 0.0455. The molecule has 1 aliphatic heterocycles. The minimum absolute atomic E-state index is 0.108. The number of aromatic nitrogens is 4. The molecule has 2 fully saturated rings. The van der Waals surface area contributed by atoms with Crippen molar-refractivity contribution in [2.24, 2.45) is 5.41 Å². The number of ether oxygens (including phenoxy) is 2. The number of rotatable bonds is 12. The Bertz CT molecular complexity index is 1500. The van der Waals surface area contributed by atoms with Gasteiger partial charge in [-0.3, -0.25) is 4.79 Å². The topological polar surface area (TPSA) is 150 Å². The van der Waals surface area contributed by atoms with Gasteiger partial charge in [-0.05, 0) is 63.6 Å². The maximum absolute atomic E-state index is 13.1. The second-order valence-electron chi connectivity index (χ2n) is 11.6. The highest BCUT2D eigenvalue weighted by atomic mass is 35.5. The number of hydrogen-bond acceptors (Lipinski definition) is 10. The summed E-state index contributed by atoms with van der Waals surface area (Å²) in [6.45, 7) is 4.31. The van der Waals surface area contributed by atoms with Crippen LogP contribution in [-0.2, 0) is 16.1 Å². The Kier molecular flexibility index (Phi) is 10.8. The van der Waals surface area contributed by atoms with Gasteiger partial charge in [0.25, 0.3) is 5.56 Å². The summed E-state index contributed by atoms with van der Waals surface area (Å²) in [5.74, 6) is 0.835. The summed E-state index contributed by atoms with van der Waals surface area (Å²) in [6, 6.07) is 10.9. The van der Waals surface area contributed by atoms with Crippen LogP contribution in [0.3, 0.4) is 0 Å². The van der Waals surface area contributed by atoms with Gasteiger partial charge in [0.15, 0.2) is 0 Å². The summed E-state index contributed by atoms with van der Waals surface area (Å²) >= 11 is 6.56. The van der Waals surface area contributed by atoms with Gasteiger partial charge in [-0.15, -0.1) is 0 Å². The van der Waals surface area contributed by atoms with Gasteiger partial charge < -0.3 is 30.4 Å². The Hall–Kier alpha value is -3.63. The molecule has 1 atom stereocenters. The first-order valence-corrected chi connectivity index (χ1v) is 15.4. The molecule has 4 heterocycles. The molecule has 44 heavy (non-hydrogen) atoms. The van der Waals surface area contributed by atoms with Gasteiger partial charge in [-0.1, -0.05) is 17.7 Å². The number of nitrogens with one attached hydrogen (secondary N) is 4. The first kappa shape index (κ1) is 31.8. The van der Waals surface area contributed by atoms with Crippen LogP contribution in [0.25, 0.3) is 11.3 Å². The van der Waals surface area contributed by atoms with Gasteiger partial charge in [-0.2, -0.15) is 9.65 Å². The Labute approximate surface area is 261 Å². The van der Waals surface area contributed by atoms with E-state index in [0.29, 0.717) is 61.9 Å². The maximum Gasteiger partial charge on any atom is 0.287 e. The van der Waals surface area contributed by atoms with Crippen LogP contribution in [0.5, 0.6) is 0 Å². The molecule has 0 radical (unpaired) electrons. The molecule has 1 saturated heterocycles. The quantitative estimate of drug-likeness (QED) is 0.224. The van der Waals surface area contributed by atoms with Crippen molar-refractivity contribution < 1.29 is 13.9 Å². The summed E-state index contributed by atoms with van der Waals surface area (Å²) in [5.41, 5.74) is 0.273. The highest BCUT2D eigenvalue weighted by Crippen LogP contribution is 2.32. The number of halogens is 2. The molecular weight excluding hydrogens is 587 g/mol. The van der Waals surface area contributed by atoms with Crippen molar-refractivity contribution in [1.29, 1.82) is 5.26 Å². The zero-order valence-electron chi connectivity index (χ0n) is 24.7. The van der Waals surface area contributed by atoms with E-state index in [1.165, 1.54) is 0 Å². The second kappa shape index (κ2) is 14.9. The van der Waals surface area contributed by atoms with Crippen molar-refractivity contribution in [1.82, 2.24) is 25.3 Å². The third-order valence-electron chi connectivity index (χ3n) is 8.19. The smallest absolute Gasteiger partial charge is 0.287 e. The first-order chi connectivity index (χ1) is 21.3. The van der Waals surface area contributed by atoms with Crippen LogP contribution in [0.4, 0.5) is 16.0 Å². The van der Waals surface area contributed by atoms with Gasteiger partial charge in [0.05, 0.1) is 35.0 Å². The summed E-state index contributed by atoms with van der Waals surface area (Å²) in [6.07, 6.45) is 7.92. The van der Waals surface area contributed by atoms with Crippen LogP contribution in [0.1, 0.15) is 51.3 Å². The molecule has 234 valence electrons. The Morgan fingerprint density at radius 3 is 2.70 bits per heavy atom. The van der Waals surface area contributed by atoms with Crippen LogP contribution in [0.15, 0.2) is 41.5 Å². The molecule has 3 aromatic rings. The molecule has 0 unspecified atom stereocenters. The van der Waals surface area contributed by atoms with E-state index in [2.05, 4.69) is 43.9 Å². The van der Waals surface area contributed by atoms with E-state index in [0.717, 1.165) is 49.0 Å². The fraction of sp³-hybridized carbons (Fsp3) is 0.516. The number of aromatic amines is 1. The molecule has 0 bridgehead atoms. The first-order valence-electron chi connectivity index (χ1n) is 15.0. The zero-order chi connectivity index (χ0) is 30.9. The fourth-order valence-electron chi connectivity index (χ4n) is 5.63. The van der Waals surface area contributed by atoms with Crippen molar-refractivity contribution in [2.75, 3.05) is 37.0 Å². The number of pyridine rings is 2. The predicted molar refractivity (Wildman–Crippen MR) is 166 cm³/mol. The monoisotopic (exact) mass is 624 g/mol. The van der Waals surface area contributed by atoms with Crippen molar-refractivity contribution in [3.8, 4) is 17.3 Å². The molecule has 4 N–H and O–H groups in total. The highest BCUT2D eigenvalue weighted by molar-refractivity contribution is 6.33. The summed E-state index contributed by atoms with van der Waals surface area (Å²) in [4.78, 5) is 26.9. The Morgan fingerprint density at radius 1 is 1.18 bits per heavy atom. The number of nitriles is 1. The number of H-pyrrole nitrogens is 1. The van der Waals surface area contributed by atoms with Gasteiger partial charge in [0.1, 0.15) is 24.1 Å². The van der Waals surface area contributed by atoms with Crippen molar-refractivity contribution in [3.05, 3.63) is 63.7 Å². The second-order valence-corrected chi connectivity index (χ2v) is 12.0. The maximum atomic E-state index is 13.1. The molecular formula is C31H38ClFN8O3. The zero-order valence-corrected chi connectivity index (χ0v) is 25.5. The number of anilines is 2. The minimum Gasteiger partial charge on any atom is -0.381 e. The minimum atomic E-state index is -0.909. The molecule has 0 spiro atoms. The van der Waals surface area contributed by atoms with Crippen molar-refractivity contribution in [2.45, 2.75) is 70.2 Å². The van der Waals surface area contributed by atoms with Crippen LogP contribution in [-0.4, -0.2) is 64.4 Å². The molecule has 2 aliphatic rings. The largest absolute Gasteiger partial charge is 0.381 e. The average Bonchev–Trinajstić information content (AvgIpc) is 3.04. The van der Waals surface area contributed by atoms with Crippen LogP contribution < -0.4 is 21.5 Å². The van der Waals surface area contributed by atoms with Gasteiger partial charge in [0, 0.05) is 49.6 Å². The van der Waals surface area contributed by atoms with E-state index < -0.39 is 16.8 Å². The molecule has 0 aromatic carbocycles. The third-order valence-corrected chi connectivity index (χ3v) is 8.49. The predicted octanol–water partition coefficient (Wildman–Crippen LogP) is 4.67. The SMILES string of the molecule is C[C@@H](COCc1ncc(F)c(=O)[nH]1)NC1CCC(Nc2cc(-c3cccc(NCC4(C#N)CCOCC4)n3)c(Cl)cn2)CC1. The summed E-state index contributed by atoms with van der Waals surface area (Å²) < 4.78 is 24.2. The lowest BCUT2D eigenvalue weighted by Crippen LogP contribution is -2.43. The van der Waals surface area contributed by atoms with E-state index in [1.807, 2.05) is 24.3 Å². The van der Waals surface area contributed by atoms with E-state index in [1.54, 1.807) is 6.20 Å². The molecule has 1 saturated carbocycles. The number of nitrogens with zero attached hydrogens (tertiary/aromatic N) is 4. The van der Waals surface area contributed by atoms with E-state index >= 15 is 0 Å². The third kappa shape index (κ3) is 8.51. The lowest BCUT2D eigenvalue weighted by atomic mass is 9.82. The summed E-state index contributed by atoms with van der Waals surface area (Å²) in [5, 5.41) is 20.8. The van der Waals surface area contributed by atoms with Gasteiger partial charge in [-0.25, -0.2) is 15.0 Å². The average molecular weight is 625 g/mol. The fourth-order valence-corrected chi connectivity index (χ4v) is 5.83. The number of hydrogen-bond donors (Lipinski definition) is 4. The van der Waals surface area contributed by atoms with Crippen LogP contribution in [0.2, 0.25) is 5.02 Å². The standard InChI is InChI=1S/C31H38ClFN8O3/c1-20(16-44-17-29-36-15-25(33)30(42)41-29)38-21-5-7-22(8-6-21)39-28-13-23(24(32)14-35-28)26-3-2-4-27(40-26)37-19-31(18-34)9-11-43-12-10-31/h2-4,13-15,20-22,38H,5-12,16-17,19H2,1H3,(H,35,39)(H,37,40)(H,36,41,42)/t20-,21?,22?/m0/s1. The van der Waals surface area contributed by atoms with Crippen molar-refractivity contribution in [3.63, 3.8) is 0 Å². The van der Waals surface area contributed by atoms with Crippen molar-refractivity contribution >= 4 is 23.2 Å². The molecule has 5 rings (SSSR count). The normalized spacial score (nSPS) is 20.4. The van der Waals surface area contributed by atoms with Gasteiger partial charge in [0.2, 0.25) is 5.82 Å². The lowest BCUT2D eigenvalue weighted by Gasteiger charge is -2.32. The van der Waals surface area contributed by atoms with Crippen LogP contribution in [0, 0.1) is 22.6 Å². The van der Waals surface area contributed by atoms with E-state index in [4.69, 9.17) is 26.1 Å². The van der Waals surface area contributed by atoms with Gasteiger partial charge >= 0.3 is 0 Å². The van der Waals surface area contributed by atoms with Crippen LogP contribution >= 0.6 is 11.6 Å².